The smallest absolute Gasteiger partial charge is 0.410 e. The lowest BCUT2D eigenvalue weighted by atomic mass is 10.1. The summed E-state index contributed by atoms with van der Waals surface area (Å²) in [5.41, 5.74) is 2.90. The Kier molecular flexibility index (Phi) is 4.58. The molecular weight excluding hydrogens is 314 g/mol. The second kappa shape index (κ2) is 6.54. The van der Waals surface area contributed by atoms with Gasteiger partial charge in [-0.3, -0.25) is 4.98 Å². The Morgan fingerprint density at radius 3 is 2.76 bits per heavy atom. The summed E-state index contributed by atoms with van der Waals surface area (Å²) in [7, 11) is 2.09. The van der Waals surface area contributed by atoms with Crippen LogP contribution in [0.2, 0.25) is 0 Å². The van der Waals surface area contributed by atoms with E-state index in [-0.39, 0.29) is 12.1 Å². The van der Waals surface area contributed by atoms with Crippen LogP contribution < -0.4 is 4.90 Å². The zero-order valence-electron chi connectivity index (χ0n) is 15.7. The predicted octanol–water partition coefficient (Wildman–Crippen LogP) is 3.99. The summed E-state index contributed by atoms with van der Waals surface area (Å²) in [4.78, 5) is 20.9. The number of aromatic nitrogens is 1. The topological polar surface area (TPSA) is 45.7 Å². The third-order valence-electron chi connectivity index (χ3n) is 4.76. The van der Waals surface area contributed by atoms with E-state index in [4.69, 9.17) is 4.74 Å². The Balaban J connectivity index is 1.75. The number of nitrogens with zero attached hydrogens (tertiary/aromatic N) is 3. The van der Waals surface area contributed by atoms with Gasteiger partial charge in [-0.1, -0.05) is 18.2 Å². The minimum atomic E-state index is -0.458. The van der Waals surface area contributed by atoms with Crippen molar-refractivity contribution in [1.82, 2.24) is 9.88 Å². The number of pyridine rings is 1. The summed E-state index contributed by atoms with van der Waals surface area (Å²) in [5.74, 6) is 0. The lowest BCUT2D eigenvalue weighted by Gasteiger charge is -2.29. The van der Waals surface area contributed by atoms with Crippen molar-refractivity contribution >= 4 is 22.7 Å². The van der Waals surface area contributed by atoms with Crippen molar-refractivity contribution in [2.24, 2.45) is 0 Å². The number of benzene rings is 1. The highest BCUT2D eigenvalue weighted by atomic mass is 16.6. The number of ether oxygens (including phenoxy) is 1. The number of likely N-dealkylation sites (N-methyl/N-ethyl adjacent to an activating group) is 1. The number of hydrogen-bond acceptors (Lipinski definition) is 4. The van der Waals surface area contributed by atoms with Crippen LogP contribution in [-0.2, 0) is 4.74 Å². The molecule has 0 unspecified atom stereocenters. The minimum absolute atomic E-state index is 0.225. The second-order valence-electron chi connectivity index (χ2n) is 7.77. The molecule has 25 heavy (non-hydrogen) atoms. The van der Waals surface area contributed by atoms with Crippen LogP contribution in [0.4, 0.5) is 10.5 Å². The molecule has 0 saturated carbocycles. The molecule has 1 aliphatic heterocycles. The van der Waals surface area contributed by atoms with E-state index in [2.05, 4.69) is 29.9 Å². The summed E-state index contributed by atoms with van der Waals surface area (Å²) >= 11 is 0. The van der Waals surface area contributed by atoms with Crippen molar-refractivity contribution in [1.29, 1.82) is 0 Å². The van der Waals surface area contributed by atoms with Crippen molar-refractivity contribution in [2.75, 3.05) is 25.0 Å². The molecule has 1 aliphatic rings. The molecule has 0 aliphatic carbocycles. The Bertz CT molecular complexity index is 782. The predicted molar refractivity (Wildman–Crippen MR) is 101 cm³/mol. The van der Waals surface area contributed by atoms with Crippen LogP contribution in [0, 0.1) is 6.92 Å². The van der Waals surface area contributed by atoms with E-state index in [1.54, 1.807) is 4.90 Å². The first kappa shape index (κ1) is 17.5. The average molecular weight is 341 g/mol. The van der Waals surface area contributed by atoms with E-state index in [1.807, 2.05) is 45.2 Å². The van der Waals surface area contributed by atoms with Gasteiger partial charge in [0.05, 0.1) is 17.4 Å². The molecule has 5 nitrogen and oxygen atoms in total. The number of rotatable bonds is 2. The summed E-state index contributed by atoms with van der Waals surface area (Å²) in [6.45, 7) is 9.23. The second-order valence-corrected chi connectivity index (χ2v) is 7.77. The van der Waals surface area contributed by atoms with Gasteiger partial charge in [0.25, 0.3) is 0 Å². The van der Waals surface area contributed by atoms with Crippen molar-refractivity contribution in [3.8, 4) is 0 Å². The molecule has 1 saturated heterocycles. The summed E-state index contributed by atoms with van der Waals surface area (Å²) < 4.78 is 5.49. The molecule has 0 spiro atoms. The number of carbonyl (C=O) groups excluding carboxylic acids is 1. The summed E-state index contributed by atoms with van der Waals surface area (Å²) in [5, 5.41) is 1.17. The number of amides is 1. The van der Waals surface area contributed by atoms with Gasteiger partial charge in [0.2, 0.25) is 0 Å². The molecule has 2 heterocycles. The Labute approximate surface area is 149 Å². The largest absolute Gasteiger partial charge is 0.444 e. The molecule has 0 bridgehead atoms. The zero-order valence-corrected chi connectivity index (χ0v) is 15.7. The number of anilines is 1. The van der Waals surface area contributed by atoms with Gasteiger partial charge in [-0.2, -0.15) is 0 Å². The molecule has 0 N–H and O–H groups in total. The maximum absolute atomic E-state index is 12.3. The Morgan fingerprint density at radius 1 is 1.32 bits per heavy atom. The van der Waals surface area contributed by atoms with Crippen molar-refractivity contribution in [2.45, 2.75) is 45.8 Å². The molecule has 2 aromatic rings. The van der Waals surface area contributed by atoms with E-state index in [0.717, 1.165) is 24.2 Å². The average Bonchev–Trinajstić information content (AvgIpc) is 3.03. The molecule has 1 atom stereocenters. The molecule has 5 heteroatoms. The fraction of sp³-hybridized carbons (Fsp3) is 0.500. The van der Waals surface area contributed by atoms with Crippen molar-refractivity contribution < 1.29 is 9.53 Å². The van der Waals surface area contributed by atoms with Crippen molar-refractivity contribution in [3.63, 3.8) is 0 Å². The maximum Gasteiger partial charge on any atom is 0.410 e. The number of aryl methyl sites for hydroxylation is 1. The van der Waals surface area contributed by atoms with Crippen LogP contribution in [0.3, 0.4) is 0 Å². The highest BCUT2D eigenvalue weighted by Gasteiger charge is 2.32. The molecule has 1 aromatic heterocycles. The fourth-order valence-electron chi connectivity index (χ4n) is 3.37. The van der Waals surface area contributed by atoms with Crippen LogP contribution in [0.1, 0.15) is 32.8 Å². The number of carbonyl (C=O) groups is 1. The lowest BCUT2D eigenvalue weighted by molar-refractivity contribution is 0.0292. The third kappa shape index (κ3) is 3.70. The van der Waals surface area contributed by atoms with Crippen LogP contribution in [0.15, 0.2) is 30.5 Å². The molecular formula is C20H27N3O2. The fourth-order valence-corrected chi connectivity index (χ4v) is 3.37. The summed E-state index contributed by atoms with van der Waals surface area (Å²) in [6.07, 6.45) is 2.65. The molecule has 1 amide bonds. The van der Waals surface area contributed by atoms with Gasteiger partial charge in [0.1, 0.15) is 5.60 Å². The van der Waals surface area contributed by atoms with Gasteiger partial charge in [0.15, 0.2) is 0 Å². The van der Waals surface area contributed by atoms with E-state index in [0.29, 0.717) is 6.54 Å². The molecule has 1 fully saturated rings. The highest BCUT2D eigenvalue weighted by Crippen LogP contribution is 2.29. The van der Waals surface area contributed by atoms with Gasteiger partial charge in [-0.15, -0.1) is 0 Å². The van der Waals surface area contributed by atoms with Crippen LogP contribution in [0.5, 0.6) is 0 Å². The van der Waals surface area contributed by atoms with Gasteiger partial charge >= 0.3 is 6.09 Å². The SMILES string of the molecule is Cc1c(N(C)[C@H]2CCN(C(=O)OC(C)(C)C)C2)cnc2ccccc12. The monoisotopic (exact) mass is 341 g/mol. The normalized spacial score (nSPS) is 17.8. The number of para-hydroxylation sites is 1. The lowest BCUT2D eigenvalue weighted by Crippen LogP contribution is -2.39. The first-order valence-electron chi connectivity index (χ1n) is 8.81. The molecule has 134 valence electrons. The van der Waals surface area contributed by atoms with Crippen LogP contribution >= 0.6 is 0 Å². The number of likely N-dealkylation sites (tertiary alicyclic amines) is 1. The van der Waals surface area contributed by atoms with E-state index >= 15 is 0 Å². The van der Waals surface area contributed by atoms with E-state index < -0.39 is 5.60 Å². The quantitative estimate of drug-likeness (QED) is 0.828. The molecule has 0 radical (unpaired) electrons. The zero-order chi connectivity index (χ0) is 18.2. The molecule has 1 aromatic carbocycles. The van der Waals surface area contributed by atoms with Crippen molar-refractivity contribution in [3.05, 3.63) is 36.0 Å². The van der Waals surface area contributed by atoms with Gasteiger partial charge < -0.3 is 14.5 Å². The molecule has 3 rings (SSSR count). The standard InChI is InChI=1S/C20H27N3O2/c1-14-16-8-6-7-9-17(16)21-12-18(14)22(5)15-10-11-23(13-15)19(24)25-20(2,3)4/h6-9,12,15H,10-11,13H2,1-5H3/t15-/m0/s1. The van der Waals surface area contributed by atoms with Gasteiger partial charge in [0, 0.05) is 31.6 Å². The highest BCUT2D eigenvalue weighted by molar-refractivity contribution is 5.86. The first-order valence-corrected chi connectivity index (χ1v) is 8.81. The summed E-state index contributed by atoms with van der Waals surface area (Å²) in [6, 6.07) is 8.46. The van der Waals surface area contributed by atoms with Crippen LogP contribution in [-0.4, -0.2) is 47.8 Å². The minimum Gasteiger partial charge on any atom is -0.444 e. The Hall–Kier alpha value is -2.30. The van der Waals surface area contributed by atoms with E-state index in [1.165, 1.54) is 10.9 Å². The number of hydrogen-bond donors (Lipinski definition) is 0. The van der Waals surface area contributed by atoms with Gasteiger partial charge in [-0.05, 0) is 45.7 Å². The third-order valence-corrected chi connectivity index (χ3v) is 4.76. The Morgan fingerprint density at radius 2 is 2.04 bits per heavy atom. The number of fused-ring (bicyclic) bond motifs is 1. The first-order chi connectivity index (χ1) is 11.8. The van der Waals surface area contributed by atoms with Crippen LogP contribution in [0.25, 0.3) is 10.9 Å². The van der Waals surface area contributed by atoms with E-state index in [9.17, 15) is 4.79 Å². The van der Waals surface area contributed by atoms with Gasteiger partial charge in [-0.25, -0.2) is 4.79 Å². The maximum atomic E-state index is 12.3.